The predicted molar refractivity (Wildman–Crippen MR) is 95.0 cm³/mol. The zero-order valence-electron chi connectivity index (χ0n) is 14.8. The zero-order chi connectivity index (χ0) is 18.2. The number of carbonyl (C=O) groups is 2. The molecular formula is C18H24N4O3. The Morgan fingerprint density at radius 1 is 1.28 bits per heavy atom. The van der Waals surface area contributed by atoms with Crippen LogP contribution in [0.3, 0.4) is 0 Å². The molecule has 1 atom stereocenters. The minimum atomic E-state index is -0.316. The molecule has 2 rings (SSSR count). The highest BCUT2D eigenvalue weighted by molar-refractivity contribution is 5.93. The van der Waals surface area contributed by atoms with Gasteiger partial charge in [-0.1, -0.05) is 42.4 Å². The molecule has 0 saturated carbocycles. The third kappa shape index (κ3) is 5.63. The van der Waals surface area contributed by atoms with Crippen LogP contribution in [0.1, 0.15) is 31.6 Å². The summed E-state index contributed by atoms with van der Waals surface area (Å²) in [6.07, 6.45) is 0.745. The second-order valence-corrected chi connectivity index (χ2v) is 5.90. The zero-order valence-corrected chi connectivity index (χ0v) is 14.8. The highest BCUT2D eigenvalue weighted by Crippen LogP contribution is 2.09. The lowest BCUT2D eigenvalue weighted by molar-refractivity contribution is -0.117. The largest absolute Gasteiger partial charge is 0.360 e. The topological polar surface area (TPSA) is 87.5 Å². The molecule has 7 heteroatoms. The Hall–Kier alpha value is -2.83. The van der Waals surface area contributed by atoms with Gasteiger partial charge >= 0.3 is 6.03 Å². The molecule has 0 radical (unpaired) electrons. The number of nitrogens with zero attached hydrogens (tertiary/aromatic N) is 2. The number of carbonyl (C=O) groups excluding carboxylic acids is 2. The van der Waals surface area contributed by atoms with Gasteiger partial charge in [0.15, 0.2) is 5.82 Å². The van der Waals surface area contributed by atoms with Gasteiger partial charge in [0.1, 0.15) is 12.3 Å². The van der Waals surface area contributed by atoms with E-state index in [4.69, 9.17) is 4.52 Å². The second kappa shape index (κ2) is 8.86. The maximum atomic E-state index is 12.5. The van der Waals surface area contributed by atoms with Crippen molar-refractivity contribution in [2.75, 3.05) is 11.9 Å². The van der Waals surface area contributed by atoms with Crippen LogP contribution in [0.25, 0.3) is 0 Å². The summed E-state index contributed by atoms with van der Waals surface area (Å²) in [7, 11) is 0. The van der Waals surface area contributed by atoms with Crippen molar-refractivity contribution in [1.29, 1.82) is 0 Å². The molecule has 0 spiro atoms. The van der Waals surface area contributed by atoms with E-state index in [2.05, 4.69) is 15.8 Å². The van der Waals surface area contributed by atoms with Crippen LogP contribution >= 0.6 is 0 Å². The van der Waals surface area contributed by atoms with Crippen LogP contribution < -0.4 is 10.6 Å². The lowest BCUT2D eigenvalue weighted by Gasteiger charge is -2.28. The summed E-state index contributed by atoms with van der Waals surface area (Å²) in [6.45, 7) is 5.99. The van der Waals surface area contributed by atoms with Crippen LogP contribution in [0.4, 0.5) is 10.6 Å². The lowest BCUT2D eigenvalue weighted by Crippen LogP contribution is -2.48. The quantitative estimate of drug-likeness (QED) is 0.808. The van der Waals surface area contributed by atoms with E-state index in [0.717, 1.165) is 12.0 Å². The van der Waals surface area contributed by atoms with E-state index in [-0.39, 0.29) is 24.5 Å². The van der Waals surface area contributed by atoms with Crippen molar-refractivity contribution in [2.45, 2.75) is 39.8 Å². The standard InChI is InChI=1S/C18H24N4O3/c1-4-13(2)22(12-17(23)20-16-10-14(3)25-21-16)18(24)19-11-15-8-6-5-7-9-15/h5-10,13H,4,11-12H2,1-3H3,(H,19,24)(H,20,21,23). The first kappa shape index (κ1) is 18.5. The highest BCUT2D eigenvalue weighted by atomic mass is 16.5. The summed E-state index contributed by atoms with van der Waals surface area (Å²) in [4.78, 5) is 26.2. The number of hydrogen-bond acceptors (Lipinski definition) is 4. The van der Waals surface area contributed by atoms with Crippen LogP contribution in [0.2, 0.25) is 0 Å². The van der Waals surface area contributed by atoms with E-state index in [0.29, 0.717) is 18.1 Å². The van der Waals surface area contributed by atoms with Gasteiger partial charge in [-0.25, -0.2) is 4.79 Å². The molecule has 0 bridgehead atoms. The van der Waals surface area contributed by atoms with E-state index in [1.807, 2.05) is 44.2 Å². The fraction of sp³-hybridized carbons (Fsp3) is 0.389. The van der Waals surface area contributed by atoms with Gasteiger partial charge in [0.2, 0.25) is 5.91 Å². The van der Waals surface area contributed by atoms with E-state index >= 15 is 0 Å². The Labute approximate surface area is 147 Å². The van der Waals surface area contributed by atoms with Crippen molar-refractivity contribution in [2.24, 2.45) is 0 Å². The molecule has 1 aromatic heterocycles. The number of nitrogens with one attached hydrogen (secondary N) is 2. The number of urea groups is 1. The fourth-order valence-electron chi connectivity index (χ4n) is 2.29. The van der Waals surface area contributed by atoms with Crippen molar-refractivity contribution in [1.82, 2.24) is 15.4 Å². The van der Waals surface area contributed by atoms with Crippen molar-refractivity contribution >= 4 is 17.8 Å². The third-order valence-electron chi connectivity index (χ3n) is 3.88. The average molecular weight is 344 g/mol. The van der Waals surface area contributed by atoms with E-state index in [1.54, 1.807) is 13.0 Å². The second-order valence-electron chi connectivity index (χ2n) is 5.90. The van der Waals surface area contributed by atoms with Gasteiger partial charge in [-0.2, -0.15) is 0 Å². The van der Waals surface area contributed by atoms with Crippen LogP contribution in [-0.4, -0.2) is 34.6 Å². The first-order valence-corrected chi connectivity index (χ1v) is 8.31. The highest BCUT2D eigenvalue weighted by Gasteiger charge is 2.22. The van der Waals surface area contributed by atoms with Crippen LogP contribution in [-0.2, 0) is 11.3 Å². The molecule has 1 aromatic carbocycles. The SMILES string of the molecule is CCC(C)N(CC(=O)Nc1cc(C)on1)C(=O)NCc1ccccc1. The number of hydrogen-bond donors (Lipinski definition) is 2. The summed E-state index contributed by atoms with van der Waals surface area (Å²) in [5.41, 5.74) is 1.00. The van der Waals surface area contributed by atoms with Crippen molar-refractivity contribution < 1.29 is 14.1 Å². The van der Waals surface area contributed by atoms with Crippen molar-refractivity contribution in [3.8, 4) is 0 Å². The molecular weight excluding hydrogens is 320 g/mol. The minimum Gasteiger partial charge on any atom is -0.360 e. The summed E-state index contributed by atoms with van der Waals surface area (Å²) in [5, 5.41) is 9.22. The Bertz CT molecular complexity index is 699. The molecule has 3 amide bonds. The molecule has 7 nitrogen and oxygen atoms in total. The molecule has 2 aromatic rings. The molecule has 0 aliphatic rings. The van der Waals surface area contributed by atoms with E-state index in [1.165, 1.54) is 4.90 Å². The van der Waals surface area contributed by atoms with E-state index in [9.17, 15) is 9.59 Å². The number of amides is 3. The number of rotatable bonds is 7. The third-order valence-corrected chi connectivity index (χ3v) is 3.88. The molecule has 1 unspecified atom stereocenters. The Morgan fingerprint density at radius 3 is 2.60 bits per heavy atom. The van der Waals surface area contributed by atoms with Gasteiger partial charge in [0.05, 0.1) is 0 Å². The van der Waals surface area contributed by atoms with E-state index < -0.39 is 0 Å². The summed E-state index contributed by atoms with van der Waals surface area (Å²) >= 11 is 0. The number of aromatic nitrogens is 1. The minimum absolute atomic E-state index is 0.0540. The predicted octanol–water partition coefficient (Wildman–Crippen LogP) is 2.93. The molecule has 134 valence electrons. The Kier molecular flexibility index (Phi) is 6.56. The molecule has 25 heavy (non-hydrogen) atoms. The van der Waals surface area contributed by atoms with Gasteiger partial charge in [-0.3, -0.25) is 4.79 Å². The summed E-state index contributed by atoms with van der Waals surface area (Å²) in [5.74, 6) is 0.634. The Balaban J connectivity index is 1.94. The maximum absolute atomic E-state index is 12.5. The number of benzene rings is 1. The fourth-order valence-corrected chi connectivity index (χ4v) is 2.29. The Morgan fingerprint density at radius 2 is 2.00 bits per heavy atom. The van der Waals surface area contributed by atoms with Gasteiger partial charge < -0.3 is 20.1 Å². The number of aryl methyl sites for hydroxylation is 1. The smallest absolute Gasteiger partial charge is 0.318 e. The first-order chi connectivity index (χ1) is 12.0. The van der Waals surface area contributed by atoms with Gasteiger partial charge in [-0.15, -0.1) is 0 Å². The molecule has 0 fully saturated rings. The number of anilines is 1. The van der Waals surface area contributed by atoms with Crippen LogP contribution in [0.15, 0.2) is 40.9 Å². The maximum Gasteiger partial charge on any atom is 0.318 e. The monoisotopic (exact) mass is 344 g/mol. The van der Waals surface area contributed by atoms with Crippen molar-refractivity contribution in [3.63, 3.8) is 0 Å². The van der Waals surface area contributed by atoms with Gasteiger partial charge in [0.25, 0.3) is 0 Å². The lowest BCUT2D eigenvalue weighted by atomic mass is 10.2. The van der Waals surface area contributed by atoms with Gasteiger partial charge in [-0.05, 0) is 25.8 Å². The molecule has 2 N–H and O–H groups in total. The molecule has 0 saturated heterocycles. The molecule has 0 aliphatic carbocycles. The average Bonchev–Trinajstić information content (AvgIpc) is 3.02. The molecule has 1 heterocycles. The molecule has 0 aliphatic heterocycles. The van der Waals surface area contributed by atoms with Crippen LogP contribution in [0, 0.1) is 6.92 Å². The van der Waals surface area contributed by atoms with Crippen molar-refractivity contribution in [3.05, 3.63) is 47.7 Å². The van der Waals surface area contributed by atoms with Gasteiger partial charge in [0, 0.05) is 18.7 Å². The summed E-state index contributed by atoms with van der Waals surface area (Å²) < 4.78 is 4.92. The van der Waals surface area contributed by atoms with Crippen LogP contribution in [0.5, 0.6) is 0 Å². The normalized spacial score (nSPS) is 11.6. The first-order valence-electron chi connectivity index (χ1n) is 8.31. The summed E-state index contributed by atoms with van der Waals surface area (Å²) in [6, 6.07) is 10.9.